The molecule has 108 valence electrons. The van der Waals surface area contributed by atoms with Crippen LogP contribution in [0.2, 0.25) is 0 Å². The summed E-state index contributed by atoms with van der Waals surface area (Å²) in [5.74, 6) is 2.66. The van der Waals surface area contributed by atoms with Gasteiger partial charge in [0.25, 0.3) is 0 Å². The van der Waals surface area contributed by atoms with Crippen molar-refractivity contribution in [3.8, 4) is 5.75 Å². The van der Waals surface area contributed by atoms with E-state index in [1.807, 2.05) is 23.5 Å². The van der Waals surface area contributed by atoms with E-state index >= 15 is 0 Å². The molecule has 1 aromatic rings. The van der Waals surface area contributed by atoms with Gasteiger partial charge in [-0.15, -0.1) is 23.5 Å². The van der Waals surface area contributed by atoms with Crippen LogP contribution in [0.4, 0.5) is 0 Å². The summed E-state index contributed by atoms with van der Waals surface area (Å²) in [6.45, 7) is 10.9. The molecule has 0 aliphatic rings. The predicted octanol–water partition coefficient (Wildman–Crippen LogP) is 5.30. The Morgan fingerprint density at radius 1 is 0.684 bits per heavy atom. The summed E-state index contributed by atoms with van der Waals surface area (Å²) >= 11 is 3.76. The Labute approximate surface area is 126 Å². The van der Waals surface area contributed by atoms with E-state index < -0.39 is 0 Å². The second kappa shape index (κ2) is 8.11. The summed E-state index contributed by atoms with van der Waals surface area (Å²) in [5.41, 5.74) is 3.76. The average molecular weight is 299 g/mol. The van der Waals surface area contributed by atoms with E-state index in [0.717, 1.165) is 41.9 Å². The van der Waals surface area contributed by atoms with Crippen molar-refractivity contribution in [3.63, 3.8) is 0 Å². The molecule has 0 radical (unpaired) electrons. The Balaban J connectivity index is 3.60. The zero-order chi connectivity index (χ0) is 14.4. The van der Waals surface area contributed by atoms with Crippen molar-refractivity contribution in [2.45, 2.75) is 63.7 Å². The van der Waals surface area contributed by atoms with Crippen LogP contribution in [-0.2, 0) is 19.3 Å². The SMILES string of the molecule is CCSc1c(CC)c(O)c(CC)c(SCC)c1CC. The van der Waals surface area contributed by atoms with Crippen LogP contribution in [0.1, 0.15) is 51.3 Å². The van der Waals surface area contributed by atoms with Crippen molar-refractivity contribution in [2.24, 2.45) is 0 Å². The number of hydrogen-bond acceptors (Lipinski definition) is 3. The summed E-state index contributed by atoms with van der Waals surface area (Å²) in [4.78, 5) is 2.66. The van der Waals surface area contributed by atoms with Crippen LogP contribution in [0, 0.1) is 0 Å². The molecule has 0 saturated carbocycles. The first-order valence-electron chi connectivity index (χ1n) is 7.31. The highest BCUT2D eigenvalue weighted by Crippen LogP contribution is 2.43. The maximum absolute atomic E-state index is 10.6. The van der Waals surface area contributed by atoms with Crippen molar-refractivity contribution < 1.29 is 5.11 Å². The van der Waals surface area contributed by atoms with Crippen molar-refractivity contribution in [1.29, 1.82) is 0 Å². The lowest BCUT2D eigenvalue weighted by molar-refractivity contribution is 0.456. The smallest absolute Gasteiger partial charge is 0.124 e. The van der Waals surface area contributed by atoms with Gasteiger partial charge in [-0.1, -0.05) is 34.6 Å². The van der Waals surface area contributed by atoms with Gasteiger partial charge >= 0.3 is 0 Å². The van der Waals surface area contributed by atoms with Gasteiger partial charge in [-0.25, -0.2) is 0 Å². The molecule has 0 heterocycles. The molecule has 1 N–H and O–H groups in total. The second-order valence-electron chi connectivity index (χ2n) is 4.37. The molecule has 0 fully saturated rings. The van der Waals surface area contributed by atoms with E-state index in [4.69, 9.17) is 0 Å². The summed E-state index contributed by atoms with van der Waals surface area (Å²) in [5, 5.41) is 10.6. The van der Waals surface area contributed by atoms with E-state index in [2.05, 4.69) is 34.6 Å². The van der Waals surface area contributed by atoms with Crippen molar-refractivity contribution in [1.82, 2.24) is 0 Å². The van der Waals surface area contributed by atoms with E-state index in [-0.39, 0.29) is 0 Å². The number of hydrogen-bond donors (Lipinski definition) is 1. The largest absolute Gasteiger partial charge is 0.507 e. The van der Waals surface area contributed by atoms with Gasteiger partial charge in [0.2, 0.25) is 0 Å². The van der Waals surface area contributed by atoms with Crippen LogP contribution in [0.3, 0.4) is 0 Å². The predicted molar refractivity (Wildman–Crippen MR) is 89.0 cm³/mol. The Morgan fingerprint density at radius 3 is 1.32 bits per heavy atom. The maximum Gasteiger partial charge on any atom is 0.124 e. The third-order valence-corrected chi connectivity index (χ3v) is 5.45. The highest BCUT2D eigenvalue weighted by atomic mass is 32.2. The van der Waals surface area contributed by atoms with Gasteiger partial charge in [-0.05, 0) is 36.3 Å². The Kier molecular flexibility index (Phi) is 7.16. The number of rotatable bonds is 7. The zero-order valence-corrected chi connectivity index (χ0v) is 14.4. The van der Waals surface area contributed by atoms with E-state index in [9.17, 15) is 5.11 Å². The lowest BCUT2D eigenvalue weighted by Gasteiger charge is -2.22. The second-order valence-corrected chi connectivity index (χ2v) is 6.92. The fraction of sp³-hybridized carbons (Fsp3) is 0.625. The molecule has 0 atom stereocenters. The topological polar surface area (TPSA) is 20.2 Å². The van der Waals surface area contributed by atoms with Gasteiger partial charge in [0.1, 0.15) is 5.75 Å². The lowest BCUT2D eigenvalue weighted by Crippen LogP contribution is -2.02. The van der Waals surface area contributed by atoms with Gasteiger partial charge in [-0.3, -0.25) is 0 Å². The third-order valence-electron chi connectivity index (χ3n) is 3.31. The van der Waals surface area contributed by atoms with Crippen LogP contribution < -0.4 is 0 Å². The molecule has 0 bridgehead atoms. The maximum atomic E-state index is 10.6. The molecule has 0 unspecified atom stereocenters. The monoisotopic (exact) mass is 298 g/mol. The van der Waals surface area contributed by atoms with Gasteiger partial charge < -0.3 is 5.11 Å². The molecule has 0 aromatic heterocycles. The quantitative estimate of drug-likeness (QED) is 0.689. The first kappa shape index (κ1) is 16.8. The lowest BCUT2D eigenvalue weighted by atomic mass is 9.98. The van der Waals surface area contributed by atoms with Gasteiger partial charge in [-0.2, -0.15) is 0 Å². The van der Waals surface area contributed by atoms with Crippen LogP contribution in [0.25, 0.3) is 0 Å². The molecule has 1 aromatic carbocycles. The molecule has 0 spiro atoms. The highest BCUT2D eigenvalue weighted by Gasteiger charge is 2.20. The molecule has 0 amide bonds. The first-order valence-corrected chi connectivity index (χ1v) is 9.28. The van der Waals surface area contributed by atoms with E-state index in [0.29, 0.717) is 5.75 Å². The number of thioether (sulfide) groups is 2. The highest BCUT2D eigenvalue weighted by molar-refractivity contribution is 8.00. The summed E-state index contributed by atoms with van der Waals surface area (Å²) < 4.78 is 0. The fourth-order valence-electron chi connectivity index (χ4n) is 2.48. The normalized spacial score (nSPS) is 11.0. The number of phenolic OH excluding ortho intramolecular Hbond substituents is 1. The minimum absolute atomic E-state index is 0.550. The van der Waals surface area contributed by atoms with Gasteiger partial charge in [0.15, 0.2) is 0 Å². The standard InChI is InChI=1S/C16H26OS2/c1-6-11-14(17)12(7-2)16(19-10-5)13(8-3)15(11)18-9-4/h17H,6-10H2,1-5H3. The third kappa shape index (κ3) is 3.43. The molecular formula is C16H26OS2. The summed E-state index contributed by atoms with van der Waals surface area (Å²) in [6, 6.07) is 0. The molecule has 19 heavy (non-hydrogen) atoms. The van der Waals surface area contributed by atoms with E-state index in [1.165, 1.54) is 15.4 Å². The Bertz CT molecular complexity index is 392. The minimum Gasteiger partial charge on any atom is -0.507 e. The number of benzene rings is 1. The Hall–Kier alpha value is -0.280. The Morgan fingerprint density at radius 2 is 1.05 bits per heavy atom. The van der Waals surface area contributed by atoms with Gasteiger partial charge in [0, 0.05) is 20.9 Å². The molecule has 0 aliphatic heterocycles. The van der Waals surface area contributed by atoms with E-state index in [1.54, 1.807) is 0 Å². The molecule has 1 rings (SSSR count). The van der Waals surface area contributed by atoms with Crippen molar-refractivity contribution in [2.75, 3.05) is 11.5 Å². The van der Waals surface area contributed by atoms with Crippen LogP contribution in [-0.4, -0.2) is 16.6 Å². The summed E-state index contributed by atoms with van der Waals surface area (Å²) in [6.07, 6.45) is 2.86. The average Bonchev–Trinajstić information content (AvgIpc) is 2.40. The molecule has 3 heteroatoms. The minimum atomic E-state index is 0.550. The first-order chi connectivity index (χ1) is 9.15. The van der Waals surface area contributed by atoms with Crippen molar-refractivity contribution in [3.05, 3.63) is 16.7 Å². The number of aromatic hydroxyl groups is 1. The summed E-state index contributed by atoms with van der Waals surface area (Å²) in [7, 11) is 0. The van der Waals surface area contributed by atoms with Crippen LogP contribution >= 0.6 is 23.5 Å². The van der Waals surface area contributed by atoms with Crippen molar-refractivity contribution >= 4 is 23.5 Å². The molecule has 1 nitrogen and oxygen atoms in total. The molecular weight excluding hydrogens is 272 g/mol. The van der Waals surface area contributed by atoms with Crippen LogP contribution in [0.5, 0.6) is 5.75 Å². The van der Waals surface area contributed by atoms with Crippen LogP contribution in [0.15, 0.2) is 9.79 Å². The number of phenols is 1. The zero-order valence-electron chi connectivity index (χ0n) is 12.8. The van der Waals surface area contributed by atoms with Gasteiger partial charge in [0.05, 0.1) is 0 Å². The fourth-order valence-corrected chi connectivity index (χ4v) is 4.79. The molecule has 0 saturated heterocycles. The molecule has 0 aliphatic carbocycles.